The normalized spacial score (nSPS) is 19.9. The Morgan fingerprint density at radius 2 is 1.88 bits per heavy atom. The van der Waals surface area contributed by atoms with Crippen LogP contribution in [0.4, 0.5) is 0 Å². The van der Waals surface area contributed by atoms with E-state index in [9.17, 15) is 8.42 Å². The Hall–Kier alpha value is -0.870. The molecular weight excluding hydrogens is 234 g/mol. The lowest BCUT2D eigenvalue weighted by Gasteiger charge is -2.23. The maximum absolute atomic E-state index is 11.2. The number of sulfone groups is 1. The van der Waals surface area contributed by atoms with Gasteiger partial charge in [0.25, 0.3) is 0 Å². The summed E-state index contributed by atoms with van der Waals surface area (Å²) in [7, 11) is -2.91. The van der Waals surface area contributed by atoms with E-state index in [1.807, 2.05) is 18.2 Å². The van der Waals surface area contributed by atoms with Crippen LogP contribution in [0.5, 0.6) is 0 Å². The van der Waals surface area contributed by atoms with Crippen LogP contribution in [-0.4, -0.2) is 26.5 Å². The number of nitrogens with two attached hydrogens (primary N) is 1. The average Bonchev–Trinajstić information content (AvgIpc) is 3.07. The lowest BCUT2D eigenvalue weighted by molar-refractivity contribution is 0.500. The second kappa shape index (κ2) is 4.42. The Kier molecular flexibility index (Phi) is 3.27. The molecule has 2 rings (SSSR count). The molecule has 1 aromatic rings. The van der Waals surface area contributed by atoms with Crippen molar-refractivity contribution in [3.8, 4) is 0 Å². The Morgan fingerprint density at radius 3 is 2.35 bits per heavy atom. The van der Waals surface area contributed by atoms with Gasteiger partial charge < -0.3 is 5.73 Å². The summed E-state index contributed by atoms with van der Waals surface area (Å²) < 4.78 is 22.3. The van der Waals surface area contributed by atoms with Crippen molar-refractivity contribution in [1.29, 1.82) is 0 Å². The molecule has 1 aliphatic rings. The minimum Gasteiger partial charge on any atom is -0.327 e. The van der Waals surface area contributed by atoms with Crippen molar-refractivity contribution < 1.29 is 8.42 Å². The molecule has 4 heteroatoms. The molecule has 0 bridgehead atoms. The van der Waals surface area contributed by atoms with Gasteiger partial charge in [-0.3, -0.25) is 0 Å². The van der Waals surface area contributed by atoms with Crippen molar-refractivity contribution in [2.24, 2.45) is 5.73 Å². The van der Waals surface area contributed by atoms with Crippen molar-refractivity contribution in [3.63, 3.8) is 0 Å². The second-order valence-corrected chi connectivity index (χ2v) is 7.31. The van der Waals surface area contributed by atoms with Gasteiger partial charge in [-0.2, -0.15) is 0 Å². The number of hydrogen-bond acceptors (Lipinski definition) is 3. The van der Waals surface area contributed by atoms with Gasteiger partial charge in [0.1, 0.15) is 9.84 Å². The van der Waals surface area contributed by atoms with E-state index in [1.165, 1.54) is 11.8 Å². The van der Waals surface area contributed by atoms with Crippen molar-refractivity contribution >= 4 is 9.84 Å². The van der Waals surface area contributed by atoms with Crippen LogP contribution in [0, 0.1) is 0 Å². The molecule has 0 aliphatic heterocycles. The van der Waals surface area contributed by atoms with Gasteiger partial charge in [-0.15, -0.1) is 0 Å². The number of benzene rings is 1. The highest BCUT2D eigenvalue weighted by Crippen LogP contribution is 2.51. The van der Waals surface area contributed by atoms with E-state index in [0.29, 0.717) is 6.42 Å². The maximum atomic E-state index is 11.2. The predicted molar refractivity (Wildman–Crippen MR) is 69.7 cm³/mol. The van der Waals surface area contributed by atoms with E-state index in [4.69, 9.17) is 5.73 Å². The Labute approximate surface area is 103 Å². The van der Waals surface area contributed by atoms with Gasteiger partial charge >= 0.3 is 0 Å². The van der Waals surface area contributed by atoms with Gasteiger partial charge in [-0.05, 0) is 24.8 Å². The first-order valence-electron chi connectivity index (χ1n) is 5.93. The molecule has 3 nitrogen and oxygen atoms in total. The van der Waals surface area contributed by atoms with Gasteiger partial charge in [-0.1, -0.05) is 30.3 Å². The molecule has 1 aromatic carbocycles. The van der Waals surface area contributed by atoms with Crippen LogP contribution in [-0.2, 0) is 15.3 Å². The van der Waals surface area contributed by atoms with Crippen LogP contribution in [0.25, 0.3) is 0 Å². The smallest absolute Gasteiger partial charge is 0.147 e. The fourth-order valence-electron chi connectivity index (χ4n) is 2.40. The van der Waals surface area contributed by atoms with Gasteiger partial charge in [-0.25, -0.2) is 8.42 Å². The highest BCUT2D eigenvalue weighted by atomic mass is 32.2. The Bertz CT molecular complexity index is 477. The molecule has 94 valence electrons. The maximum Gasteiger partial charge on any atom is 0.147 e. The van der Waals surface area contributed by atoms with Crippen LogP contribution >= 0.6 is 0 Å². The molecule has 1 saturated carbocycles. The molecule has 1 unspecified atom stereocenters. The zero-order chi connectivity index (χ0) is 12.5. The van der Waals surface area contributed by atoms with Gasteiger partial charge in [0.2, 0.25) is 0 Å². The topological polar surface area (TPSA) is 60.2 Å². The van der Waals surface area contributed by atoms with E-state index >= 15 is 0 Å². The standard InChI is InChI=1S/C13H19NO2S/c1-17(15,16)10-7-12(14)13(8-9-13)11-5-3-2-4-6-11/h2-6,12H,7-10,14H2,1H3. The van der Waals surface area contributed by atoms with E-state index in [0.717, 1.165) is 12.8 Å². The highest BCUT2D eigenvalue weighted by molar-refractivity contribution is 7.90. The van der Waals surface area contributed by atoms with Crippen molar-refractivity contribution in [2.45, 2.75) is 30.7 Å². The first-order chi connectivity index (χ1) is 7.94. The Morgan fingerprint density at radius 1 is 1.29 bits per heavy atom. The summed E-state index contributed by atoms with van der Waals surface area (Å²) in [6.45, 7) is 0. The quantitative estimate of drug-likeness (QED) is 0.864. The lowest BCUT2D eigenvalue weighted by atomic mass is 9.87. The zero-order valence-corrected chi connectivity index (χ0v) is 10.9. The van der Waals surface area contributed by atoms with E-state index in [-0.39, 0.29) is 17.2 Å². The minimum atomic E-state index is -2.91. The minimum absolute atomic E-state index is 0.0337. The molecule has 0 spiro atoms. The summed E-state index contributed by atoms with van der Waals surface area (Å²) in [6.07, 6.45) is 3.96. The summed E-state index contributed by atoms with van der Waals surface area (Å²) >= 11 is 0. The third-order valence-electron chi connectivity index (χ3n) is 3.65. The molecule has 0 saturated heterocycles. The van der Waals surface area contributed by atoms with Crippen LogP contribution in [0.1, 0.15) is 24.8 Å². The van der Waals surface area contributed by atoms with Crippen LogP contribution in [0.2, 0.25) is 0 Å². The van der Waals surface area contributed by atoms with Crippen molar-refractivity contribution in [3.05, 3.63) is 35.9 Å². The third kappa shape index (κ3) is 2.87. The molecule has 0 aromatic heterocycles. The molecule has 1 fully saturated rings. The van der Waals surface area contributed by atoms with Gasteiger partial charge in [0.15, 0.2) is 0 Å². The third-order valence-corrected chi connectivity index (χ3v) is 4.62. The second-order valence-electron chi connectivity index (χ2n) is 5.05. The highest BCUT2D eigenvalue weighted by Gasteiger charge is 2.48. The first kappa shape index (κ1) is 12.6. The average molecular weight is 253 g/mol. The SMILES string of the molecule is CS(=O)(=O)CCC(N)C1(c2ccccc2)CC1. The first-order valence-corrected chi connectivity index (χ1v) is 7.99. The van der Waals surface area contributed by atoms with Crippen molar-refractivity contribution in [2.75, 3.05) is 12.0 Å². The van der Waals surface area contributed by atoms with Crippen LogP contribution in [0.15, 0.2) is 30.3 Å². The molecule has 0 amide bonds. The van der Waals surface area contributed by atoms with Gasteiger partial charge in [0.05, 0.1) is 5.75 Å². The molecule has 0 radical (unpaired) electrons. The monoisotopic (exact) mass is 253 g/mol. The molecule has 1 atom stereocenters. The zero-order valence-electron chi connectivity index (χ0n) is 10.1. The summed E-state index contributed by atoms with van der Waals surface area (Å²) in [5.74, 6) is 0.183. The van der Waals surface area contributed by atoms with Gasteiger partial charge in [0, 0.05) is 17.7 Å². The van der Waals surface area contributed by atoms with E-state index in [2.05, 4.69) is 12.1 Å². The number of hydrogen-bond donors (Lipinski definition) is 1. The largest absolute Gasteiger partial charge is 0.327 e. The lowest BCUT2D eigenvalue weighted by Crippen LogP contribution is -2.36. The summed E-state index contributed by atoms with van der Waals surface area (Å²) in [6, 6.07) is 10.1. The molecule has 17 heavy (non-hydrogen) atoms. The predicted octanol–water partition coefficient (Wildman–Crippen LogP) is 1.48. The number of rotatable bonds is 5. The molecule has 0 heterocycles. The fourth-order valence-corrected chi connectivity index (χ4v) is 3.08. The van der Waals surface area contributed by atoms with Crippen LogP contribution < -0.4 is 5.73 Å². The van der Waals surface area contributed by atoms with E-state index < -0.39 is 9.84 Å². The summed E-state index contributed by atoms with van der Waals surface area (Å²) in [5, 5.41) is 0. The fraction of sp³-hybridized carbons (Fsp3) is 0.538. The van der Waals surface area contributed by atoms with E-state index in [1.54, 1.807) is 0 Å². The summed E-state index contributed by atoms with van der Waals surface area (Å²) in [5.41, 5.74) is 7.47. The molecule has 2 N–H and O–H groups in total. The summed E-state index contributed by atoms with van der Waals surface area (Å²) in [4.78, 5) is 0. The Balaban J connectivity index is 2.07. The molecular formula is C13H19NO2S. The molecule has 1 aliphatic carbocycles. The van der Waals surface area contributed by atoms with Crippen LogP contribution in [0.3, 0.4) is 0 Å². The van der Waals surface area contributed by atoms with Crippen molar-refractivity contribution in [1.82, 2.24) is 0 Å².